The SMILES string of the molecule is Nc1ncc(-c2ccc(-c3cccnc3S(=O)(=O)C3CCCC3)cc2F)cn1. The van der Waals surface area contributed by atoms with E-state index >= 15 is 0 Å². The molecule has 2 aromatic heterocycles. The van der Waals surface area contributed by atoms with Crippen LogP contribution in [0.2, 0.25) is 0 Å². The summed E-state index contributed by atoms with van der Waals surface area (Å²) in [6.07, 6.45) is 7.44. The van der Waals surface area contributed by atoms with Crippen LogP contribution in [0.3, 0.4) is 0 Å². The maximum Gasteiger partial charge on any atom is 0.219 e. The summed E-state index contributed by atoms with van der Waals surface area (Å²) in [6, 6.07) is 7.90. The largest absolute Gasteiger partial charge is 0.368 e. The van der Waals surface area contributed by atoms with Gasteiger partial charge in [0.05, 0.1) is 5.25 Å². The lowest BCUT2D eigenvalue weighted by molar-refractivity contribution is 0.576. The Bertz CT molecular complexity index is 1110. The lowest BCUT2D eigenvalue weighted by Crippen LogP contribution is -2.19. The highest BCUT2D eigenvalue weighted by atomic mass is 32.2. The Morgan fingerprint density at radius 1 is 0.964 bits per heavy atom. The van der Waals surface area contributed by atoms with Gasteiger partial charge in [0.15, 0.2) is 14.9 Å². The Balaban J connectivity index is 1.76. The fourth-order valence-electron chi connectivity index (χ4n) is 3.59. The van der Waals surface area contributed by atoms with Crippen molar-refractivity contribution in [1.82, 2.24) is 15.0 Å². The van der Waals surface area contributed by atoms with Crippen LogP contribution in [0.4, 0.5) is 10.3 Å². The summed E-state index contributed by atoms with van der Waals surface area (Å²) in [6.45, 7) is 0. The smallest absolute Gasteiger partial charge is 0.219 e. The minimum absolute atomic E-state index is 0.0184. The molecule has 0 atom stereocenters. The third kappa shape index (κ3) is 3.35. The Labute approximate surface area is 162 Å². The third-order valence-corrected chi connectivity index (χ3v) is 7.26. The summed E-state index contributed by atoms with van der Waals surface area (Å²) >= 11 is 0. The zero-order valence-electron chi connectivity index (χ0n) is 15.0. The summed E-state index contributed by atoms with van der Waals surface area (Å²) in [4.78, 5) is 11.9. The normalized spacial score (nSPS) is 15.0. The van der Waals surface area contributed by atoms with Crippen molar-refractivity contribution in [3.63, 3.8) is 0 Å². The van der Waals surface area contributed by atoms with Crippen molar-refractivity contribution in [2.24, 2.45) is 0 Å². The first-order valence-corrected chi connectivity index (χ1v) is 10.6. The van der Waals surface area contributed by atoms with Crippen LogP contribution >= 0.6 is 0 Å². The maximum absolute atomic E-state index is 14.8. The molecule has 1 fully saturated rings. The lowest BCUT2D eigenvalue weighted by atomic mass is 10.0. The molecule has 1 aliphatic carbocycles. The van der Waals surface area contributed by atoms with Crippen molar-refractivity contribution < 1.29 is 12.8 Å². The summed E-state index contributed by atoms with van der Waals surface area (Å²) in [7, 11) is -3.56. The van der Waals surface area contributed by atoms with Gasteiger partial charge in [-0.3, -0.25) is 0 Å². The van der Waals surface area contributed by atoms with Gasteiger partial charge in [0, 0.05) is 35.3 Å². The van der Waals surface area contributed by atoms with Crippen molar-refractivity contribution in [3.05, 3.63) is 54.7 Å². The molecule has 3 aromatic rings. The lowest BCUT2D eigenvalue weighted by Gasteiger charge is -2.14. The molecule has 0 unspecified atom stereocenters. The average molecular weight is 398 g/mol. The Morgan fingerprint density at radius 2 is 1.68 bits per heavy atom. The summed E-state index contributed by atoms with van der Waals surface area (Å²) in [5.74, 6) is -0.392. The molecule has 0 spiro atoms. The first kappa shape index (κ1) is 18.5. The second-order valence-corrected chi connectivity index (χ2v) is 8.98. The number of benzene rings is 1. The minimum atomic E-state index is -3.56. The van der Waals surface area contributed by atoms with Crippen molar-refractivity contribution in [3.8, 4) is 22.3 Å². The van der Waals surface area contributed by atoms with Gasteiger partial charge in [0.2, 0.25) is 5.95 Å². The van der Waals surface area contributed by atoms with Crippen LogP contribution in [-0.4, -0.2) is 28.6 Å². The molecule has 1 aromatic carbocycles. The van der Waals surface area contributed by atoms with Crippen molar-refractivity contribution in [2.45, 2.75) is 36.0 Å². The number of aromatic nitrogens is 3. The number of rotatable bonds is 4. The number of anilines is 1. The van der Waals surface area contributed by atoms with Gasteiger partial charge in [-0.2, -0.15) is 0 Å². The van der Waals surface area contributed by atoms with Crippen LogP contribution in [0.25, 0.3) is 22.3 Å². The van der Waals surface area contributed by atoms with E-state index in [2.05, 4.69) is 15.0 Å². The van der Waals surface area contributed by atoms with Gasteiger partial charge in [-0.25, -0.2) is 27.8 Å². The molecule has 1 aliphatic rings. The molecule has 28 heavy (non-hydrogen) atoms. The van der Waals surface area contributed by atoms with Crippen LogP contribution in [0.5, 0.6) is 0 Å². The summed E-state index contributed by atoms with van der Waals surface area (Å²) < 4.78 is 40.9. The molecule has 4 rings (SSSR count). The molecule has 2 heterocycles. The molecule has 1 saturated carbocycles. The first-order valence-electron chi connectivity index (χ1n) is 9.03. The Morgan fingerprint density at radius 3 is 2.36 bits per heavy atom. The zero-order chi connectivity index (χ0) is 19.7. The minimum Gasteiger partial charge on any atom is -0.368 e. The quantitative estimate of drug-likeness (QED) is 0.720. The number of hydrogen-bond donors (Lipinski definition) is 1. The number of nitrogens with two attached hydrogens (primary N) is 1. The second-order valence-electron chi connectivity index (χ2n) is 6.83. The third-order valence-electron chi connectivity index (χ3n) is 5.04. The maximum atomic E-state index is 14.8. The van der Waals surface area contributed by atoms with Crippen molar-refractivity contribution in [1.29, 1.82) is 0 Å². The highest BCUT2D eigenvalue weighted by Crippen LogP contribution is 2.35. The average Bonchev–Trinajstić information content (AvgIpc) is 3.25. The van der Waals surface area contributed by atoms with E-state index in [9.17, 15) is 12.8 Å². The molecule has 0 amide bonds. The predicted molar refractivity (Wildman–Crippen MR) is 105 cm³/mol. The van der Waals surface area contributed by atoms with Gasteiger partial charge >= 0.3 is 0 Å². The van der Waals surface area contributed by atoms with Gasteiger partial charge in [0.25, 0.3) is 0 Å². The van der Waals surface area contributed by atoms with Crippen LogP contribution in [-0.2, 0) is 9.84 Å². The fourth-order valence-corrected chi connectivity index (χ4v) is 5.56. The molecule has 8 heteroatoms. The van der Waals surface area contributed by atoms with E-state index in [-0.39, 0.29) is 11.0 Å². The molecular formula is C20H19FN4O2S. The van der Waals surface area contributed by atoms with Crippen molar-refractivity contribution in [2.75, 3.05) is 5.73 Å². The second kappa shape index (κ2) is 7.27. The Hall–Kier alpha value is -2.87. The van der Waals surface area contributed by atoms with Gasteiger partial charge in [-0.1, -0.05) is 25.0 Å². The highest BCUT2D eigenvalue weighted by Gasteiger charge is 2.33. The summed E-state index contributed by atoms with van der Waals surface area (Å²) in [5, 5.41) is -0.401. The predicted octanol–water partition coefficient (Wildman–Crippen LogP) is 3.64. The van der Waals surface area contributed by atoms with E-state index < -0.39 is 20.9 Å². The number of sulfone groups is 1. The van der Waals surface area contributed by atoms with Crippen molar-refractivity contribution >= 4 is 15.8 Å². The van der Waals surface area contributed by atoms with Crippen LogP contribution in [0.15, 0.2) is 53.9 Å². The number of halogens is 1. The molecule has 0 bridgehead atoms. The van der Waals surface area contributed by atoms with Crippen LogP contribution < -0.4 is 5.73 Å². The molecular weight excluding hydrogens is 379 g/mol. The highest BCUT2D eigenvalue weighted by molar-refractivity contribution is 7.92. The van der Waals surface area contributed by atoms with Gasteiger partial charge in [0.1, 0.15) is 5.82 Å². The number of nitrogens with zero attached hydrogens (tertiary/aromatic N) is 3. The number of nitrogen functional groups attached to an aromatic ring is 1. The summed E-state index contributed by atoms with van der Waals surface area (Å²) in [5.41, 5.74) is 7.15. The van der Waals surface area contributed by atoms with E-state index in [1.807, 2.05) is 0 Å². The molecule has 0 saturated heterocycles. The molecule has 0 radical (unpaired) electrons. The van der Waals surface area contributed by atoms with E-state index in [0.29, 0.717) is 35.1 Å². The monoisotopic (exact) mass is 398 g/mol. The van der Waals surface area contributed by atoms with E-state index in [0.717, 1.165) is 12.8 Å². The molecule has 0 aliphatic heterocycles. The zero-order valence-corrected chi connectivity index (χ0v) is 15.9. The van der Waals surface area contributed by atoms with E-state index in [1.54, 1.807) is 24.3 Å². The standard InChI is InChI=1S/C20H19FN4O2S/c21-18-10-13(7-8-16(18)14-11-24-20(22)25-12-14)17-6-3-9-23-19(17)28(26,27)15-4-1-2-5-15/h3,6-12,15H,1-2,4-5H2,(H2,22,24,25). The van der Waals surface area contributed by atoms with Crippen LogP contribution in [0.1, 0.15) is 25.7 Å². The van der Waals surface area contributed by atoms with E-state index in [1.165, 1.54) is 24.7 Å². The van der Waals surface area contributed by atoms with Gasteiger partial charge < -0.3 is 5.73 Å². The first-order chi connectivity index (χ1) is 13.5. The molecule has 144 valence electrons. The number of hydrogen-bond acceptors (Lipinski definition) is 6. The molecule has 2 N–H and O–H groups in total. The fraction of sp³-hybridized carbons (Fsp3) is 0.250. The van der Waals surface area contributed by atoms with Crippen LogP contribution in [0, 0.1) is 5.82 Å². The topological polar surface area (TPSA) is 98.8 Å². The molecule has 6 nitrogen and oxygen atoms in total. The van der Waals surface area contributed by atoms with Gasteiger partial charge in [-0.05, 0) is 36.6 Å². The van der Waals surface area contributed by atoms with Gasteiger partial charge in [-0.15, -0.1) is 0 Å². The number of pyridine rings is 1. The Kier molecular flexibility index (Phi) is 4.80. The van der Waals surface area contributed by atoms with E-state index in [4.69, 9.17) is 5.73 Å².